The average Bonchev–Trinajstić information content (AvgIpc) is 2.88. The Labute approximate surface area is 148 Å². The number of hydrogen-bond donors (Lipinski definition) is 0. The lowest BCUT2D eigenvalue weighted by molar-refractivity contribution is -0.129. The predicted octanol–water partition coefficient (Wildman–Crippen LogP) is 0.381. The Hall–Kier alpha value is -2.48. The summed E-state index contributed by atoms with van der Waals surface area (Å²) in [6, 6.07) is 0. The molecule has 0 saturated carbocycles. The third kappa shape index (κ3) is 4.76. The summed E-state index contributed by atoms with van der Waals surface area (Å²) < 4.78 is 1.82. The molecule has 2 aromatic rings. The van der Waals surface area contributed by atoms with E-state index < -0.39 is 0 Å². The van der Waals surface area contributed by atoms with Crippen molar-refractivity contribution in [1.29, 1.82) is 0 Å². The van der Waals surface area contributed by atoms with Crippen LogP contribution in [0.4, 0.5) is 5.82 Å². The first-order valence-electron chi connectivity index (χ1n) is 8.56. The molecule has 3 rings (SSSR count). The maximum absolute atomic E-state index is 12.6. The van der Waals surface area contributed by atoms with Gasteiger partial charge in [-0.05, 0) is 6.42 Å². The van der Waals surface area contributed by atoms with Crippen LogP contribution in [0.3, 0.4) is 0 Å². The molecule has 0 radical (unpaired) electrons. The Kier molecular flexibility index (Phi) is 5.60. The van der Waals surface area contributed by atoms with E-state index in [4.69, 9.17) is 0 Å². The second-order valence-corrected chi connectivity index (χ2v) is 6.45. The first-order valence-corrected chi connectivity index (χ1v) is 8.56. The van der Waals surface area contributed by atoms with Crippen LogP contribution in [0.15, 0.2) is 31.0 Å². The summed E-state index contributed by atoms with van der Waals surface area (Å²) in [7, 11) is 3.80. The number of carbonyl (C=O) groups excluding carboxylic acids is 1. The second kappa shape index (κ2) is 8.06. The first kappa shape index (κ1) is 17.3. The van der Waals surface area contributed by atoms with E-state index in [1.807, 2.05) is 41.0 Å². The molecule has 134 valence electrons. The molecule has 1 aliphatic heterocycles. The molecule has 0 aromatic carbocycles. The summed E-state index contributed by atoms with van der Waals surface area (Å²) in [6.07, 6.45) is 9.88. The summed E-state index contributed by atoms with van der Waals surface area (Å²) in [4.78, 5) is 27.1. The topological polar surface area (TPSA) is 70.4 Å². The molecule has 1 amide bonds. The maximum atomic E-state index is 12.6. The highest BCUT2D eigenvalue weighted by molar-refractivity contribution is 5.81. The molecule has 0 spiro atoms. The summed E-state index contributed by atoms with van der Waals surface area (Å²) in [6.45, 7) is 4.65. The molecule has 0 atom stereocenters. The van der Waals surface area contributed by atoms with Crippen molar-refractivity contribution in [2.45, 2.75) is 13.0 Å². The monoisotopic (exact) mass is 343 g/mol. The van der Waals surface area contributed by atoms with Gasteiger partial charge in [0.2, 0.25) is 5.91 Å². The summed E-state index contributed by atoms with van der Waals surface area (Å²) >= 11 is 0. The number of anilines is 1. The molecule has 8 heteroatoms. The Morgan fingerprint density at radius 3 is 2.80 bits per heavy atom. The number of amides is 1. The lowest BCUT2D eigenvalue weighted by atomic mass is 10.3. The van der Waals surface area contributed by atoms with Gasteiger partial charge in [-0.1, -0.05) is 0 Å². The maximum Gasteiger partial charge on any atom is 0.242 e. The minimum atomic E-state index is 0.136. The van der Waals surface area contributed by atoms with E-state index >= 15 is 0 Å². The Balaban J connectivity index is 1.51. The van der Waals surface area contributed by atoms with Crippen LogP contribution in [0.1, 0.15) is 12.0 Å². The van der Waals surface area contributed by atoms with E-state index in [0.717, 1.165) is 39.1 Å². The van der Waals surface area contributed by atoms with E-state index in [0.29, 0.717) is 12.4 Å². The van der Waals surface area contributed by atoms with Crippen LogP contribution < -0.4 is 4.90 Å². The number of aromatic nitrogens is 4. The number of carbonyl (C=O) groups is 1. The van der Waals surface area contributed by atoms with Crippen LogP contribution in [0, 0.1) is 0 Å². The van der Waals surface area contributed by atoms with E-state index in [9.17, 15) is 4.79 Å². The van der Waals surface area contributed by atoms with Crippen molar-refractivity contribution >= 4 is 11.7 Å². The van der Waals surface area contributed by atoms with E-state index in [-0.39, 0.29) is 5.91 Å². The number of rotatable bonds is 5. The zero-order valence-electron chi connectivity index (χ0n) is 14.9. The smallest absolute Gasteiger partial charge is 0.242 e. The molecule has 0 N–H and O–H groups in total. The average molecular weight is 343 g/mol. The minimum absolute atomic E-state index is 0.136. The van der Waals surface area contributed by atoms with Gasteiger partial charge in [0, 0.05) is 71.0 Å². The van der Waals surface area contributed by atoms with Crippen molar-refractivity contribution in [3.05, 3.63) is 36.5 Å². The SMILES string of the molecule is CN(CC(=O)N1CCCN(Cc2cnn(C)c2)CC1)c1cnccn1. The summed E-state index contributed by atoms with van der Waals surface area (Å²) in [5.74, 6) is 0.847. The fourth-order valence-corrected chi connectivity index (χ4v) is 3.06. The van der Waals surface area contributed by atoms with Crippen LogP contribution in [0.2, 0.25) is 0 Å². The van der Waals surface area contributed by atoms with E-state index in [2.05, 4.69) is 20.0 Å². The van der Waals surface area contributed by atoms with E-state index in [1.165, 1.54) is 5.56 Å². The standard InChI is InChI=1S/C17H25N7O/c1-21(16-11-18-4-5-19-16)14-17(25)24-7-3-6-23(8-9-24)13-15-10-20-22(2)12-15/h4-5,10-12H,3,6-9,13-14H2,1-2H3. The quantitative estimate of drug-likeness (QED) is 0.782. The molecule has 0 bridgehead atoms. The predicted molar refractivity (Wildman–Crippen MR) is 95.0 cm³/mol. The lowest BCUT2D eigenvalue weighted by Gasteiger charge is -2.25. The van der Waals surface area contributed by atoms with Crippen LogP contribution in [-0.2, 0) is 18.4 Å². The van der Waals surface area contributed by atoms with Crippen molar-refractivity contribution in [2.24, 2.45) is 7.05 Å². The minimum Gasteiger partial charge on any atom is -0.349 e. The normalized spacial score (nSPS) is 15.8. The van der Waals surface area contributed by atoms with Gasteiger partial charge in [-0.2, -0.15) is 5.10 Å². The second-order valence-electron chi connectivity index (χ2n) is 6.45. The molecule has 0 aliphatic carbocycles. The number of nitrogens with zero attached hydrogens (tertiary/aromatic N) is 7. The zero-order valence-corrected chi connectivity index (χ0v) is 14.9. The van der Waals surface area contributed by atoms with Crippen molar-refractivity contribution in [3.8, 4) is 0 Å². The van der Waals surface area contributed by atoms with Gasteiger partial charge < -0.3 is 9.80 Å². The van der Waals surface area contributed by atoms with Crippen molar-refractivity contribution in [3.63, 3.8) is 0 Å². The van der Waals surface area contributed by atoms with Crippen LogP contribution in [0.5, 0.6) is 0 Å². The van der Waals surface area contributed by atoms with Crippen LogP contribution in [-0.4, -0.2) is 75.2 Å². The van der Waals surface area contributed by atoms with Gasteiger partial charge in [-0.3, -0.25) is 19.4 Å². The molecule has 0 unspecified atom stereocenters. The Bertz CT molecular complexity index is 687. The molecule has 2 aromatic heterocycles. The molecule has 1 aliphatic rings. The lowest BCUT2D eigenvalue weighted by Crippen LogP contribution is -2.41. The van der Waals surface area contributed by atoms with Gasteiger partial charge in [0.25, 0.3) is 0 Å². The van der Waals surface area contributed by atoms with Gasteiger partial charge in [-0.25, -0.2) is 4.98 Å². The fraction of sp³-hybridized carbons (Fsp3) is 0.529. The molecule has 1 saturated heterocycles. The summed E-state index contributed by atoms with van der Waals surface area (Å²) in [5, 5.41) is 4.22. The Morgan fingerprint density at radius 1 is 1.20 bits per heavy atom. The third-order valence-electron chi connectivity index (χ3n) is 4.42. The van der Waals surface area contributed by atoms with Gasteiger partial charge in [0.05, 0.1) is 18.9 Å². The van der Waals surface area contributed by atoms with Crippen molar-refractivity contribution < 1.29 is 4.79 Å². The number of aryl methyl sites for hydroxylation is 1. The van der Waals surface area contributed by atoms with Crippen LogP contribution in [0.25, 0.3) is 0 Å². The highest BCUT2D eigenvalue weighted by Gasteiger charge is 2.20. The van der Waals surface area contributed by atoms with Crippen LogP contribution >= 0.6 is 0 Å². The number of likely N-dealkylation sites (N-methyl/N-ethyl adjacent to an activating group) is 1. The molecule has 3 heterocycles. The van der Waals surface area contributed by atoms with E-state index in [1.54, 1.807) is 18.6 Å². The molecular formula is C17H25N7O. The van der Waals surface area contributed by atoms with Crippen molar-refractivity contribution in [1.82, 2.24) is 29.5 Å². The third-order valence-corrected chi connectivity index (χ3v) is 4.42. The van der Waals surface area contributed by atoms with Gasteiger partial charge in [0.15, 0.2) is 0 Å². The highest BCUT2D eigenvalue weighted by Crippen LogP contribution is 2.10. The zero-order chi connectivity index (χ0) is 17.6. The van der Waals surface area contributed by atoms with Gasteiger partial charge in [-0.15, -0.1) is 0 Å². The number of hydrogen-bond acceptors (Lipinski definition) is 6. The van der Waals surface area contributed by atoms with Crippen molar-refractivity contribution in [2.75, 3.05) is 44.7 Å². The first-order chi connectivity index (χ1) is 12.1. The Morgan fingerprint density at radius 2 is 2.08 bits per heavy atom. The fourth-order valence-electron chi connectivity index (χ4n) is 3.06. The molecule has 8 nitrogen and oxygen atoms in total. The highest BCUT2D eigenvalue weighted by atomic mass is 16.2. The van der Waals surface area contributed by atoms with Gasteiger partial charge >= 0.3 is 0 Å². The molecular weight excluding hydrogens is 318 g/mol. The summed E-state index contributed by atoms with van der Waals surface area (Å²) in [5.41, 5.74) is 1.21. The molecule has 25 heavy (non-hydrogen) atoms. The largest absolute Gasteiger partial charge is 0.349 e. The van der Waals surface area contributed by atoms with Gasteiger partial charge in [0.1, 0.15) is 5.82 Å². The molecule has 1 fully saturated rings.